The number of carbonyl (C=O) groups is 1. The van der Waals surface area contributed by atoms with E-state index in [9.17, 15) is 4.79 Å². The molecule has 1 saturated heterocycles. The second-order valence-corrected chi connectivity index (χ2v) is 8.88. The summed E-state index contributed by atoms with van der Waals surface area (Å²) in [4.78, 5) is 19.0. The van der Waals surface area contributed by atoms with Crippen molar-refractivity contribution in [2.75, 3.05) is 44.7 Å². The lowest BCUT2D eigenvalue weighted by atomic mass is 10.1. The van der Waals surface area contributed by atoms with Crippen LogP contribution in [-0.2, 0) is 11.3 Å². The van der Waals surface area contributed by atoms with Gasteiger partial charge in [0.25, 0.3) is 5.91 Å². The van der Waals surface area contributed by atoms with Crippen LogP contribution in [0.1, 0.15) is 24.0 Å². The summed E-state index contributed by atoms with van der Waals surface area (Å²) in [7, 11) is 1.67. The molecule has 0 aromatic heterocycles. The molecule has 2 aromatic carbocycles. The van der Waals surface area contributed by atoms with E-state index in [1.165, 1.54) is 16.2 Å². The third kappa shape index (κ3) is 5.08. The molecule has 1 aliphatic heterocycles. The first-order chi connectivity index (χ1) is 14.5. The van der Waals surface area contributed by atoms with E-state index in [4.69, 9.17) is 16.3 Å². The summed E-state index contributed by atoms with van der Waals surface area (Å²) in [5.74, 6) is 1.12. The number of benzene rings is 2. The first-order valence-electron chi connectivity index (χ1n) is 10.8. The van der Waals surface area contributed by atoms with E-state index in [1.54, 1.807) is 7.11 Å². The molecule has 1 saturated carbocycles. The van der Waals surface area contributed by atoms with E-state index in [0.717, 1.165) is 55.4 Å². The Morgan fingerprint density at radius 1 is 1.17 bits per heavy atom. The normalized spacial score (nSPS) is 17.1. The molecule has 160 valence electrons. The lowest BCUT2D eigenvalue weighted by Gasteiger charge is -2.35. The van der Waals surface area contributed by atoms with Gasteiger partial charge in [-0.1, -0.05) is 29.8 Å². The van der Waals surface area contributed by atoms with E-state index in [1.807, 2.05) is 18.2 Å². The Labute approximate surface area is 184 Å². The number of ether oxygens (including phenoxy) is 1. The van der Waals surface area contributed by atoms with Crippen LogP contribution in [0.25, 0.3) is 0 Å². The van der Waals surface area contributed by atoms with Crippen LogP contribution in [0.15, 0.2) is 42.5 Å². The van der Waals surface area contributed by atoms with Gasteiger partial charge in [0.1, 0.15) is 5.75 Å². The van der Waals surface area contributed by atoms with Crippen LogP contribution in [0.2, 0.25) is 5.02 Å². The van der Waals surface area contributed by atoms with Crippen LogP contribution in [0.5, 0.6) is 5.75 Å². The monoisotopic (exact) mass is 428 g/mol. The van der Waals surface area contributed by atoms with Crippen molar-refractivity contribution in [1.29, 1.82) is 0 Å². The third-order valence-corrected chi connectivity index (χ3v) is 6.44. The van der Waals surface area contributed by atoms with Crippen molar-refractivity contribution in [3.8, 4) is 5.75 Å². The third-order valence-electron chi connectivity index (χ3n) is 6.20. The Morgan fingerprint density at radius 2 is 1.87 bits per heavy atom. The predicted molar refractivity (Wildman–Crippen MR) is 121 cm³/mol. The summed E-state index contributed by atoms with van der Waals surface area (Å²) in [5, 5.41) is 0.777. The maximum atomic E-state index is 13.1. The van der Waals surface area contributed by atoms with Gasteiger partial charge in [-0.15, -0.1) is 0 Å². The number of carbonyl (C=O) groups excluding carboxylic acids is 1. The van der Waals surface area contributed by atoms with Gasteiger partial charge in [-0.2, -0.15) is 0 Å². The molecule has 1 amide bonds. The zero-order chi connectivity index (χ0) is 21.1. The smallest absolute Gasteiger partial charge is 0.278 e. The minimum absolute atomic E-state index is 0.274. The van der Waals surface area contributed by atoms with Crippen LogP contribution in [0, 0.1) is 6.92 Å². The molecule has 1 N–H and O–H groups in total. The number of nitrogens with one attached hydrogen (secondary N) is 1. The topological polar surface area (TPSA) is 37.2 Å². The lowest BCUT2D eigenvalue weighted by molar-refractivity contribution is -0.892. The van der Waals surface area contributed by atoms with Crippen molar-refractivity contribution in [2.45, 2.75) is 32.4 Å². The maximum Gasteiger partial charge on any atom is 0.278 e. The molecule has 4 rings (SSSR count). The van der Waals surface area contributed by atoms with Crippen molar-refractivity contribution in [1.82, 2.24) is 4.90 Å². The lowest BCUT2D eigenvalue weighted by Crippen LogP contribution is -3.15. The molecule has 0 atom stereocenters. The van der Waals surface area contributed by atoms with Gasteiger partial charge >= 0.3 is 0 Å². The largest absolute Gasteiger partial charge is 0.497 e. The van der Waals surface area contributed by atoms with Crippen molar-refractivity contribution >= 4 is 23.2 Å². The maximum absolute atomic E-state index is 13.1. The van der Waals surface area contributed by atoms with Crippen molar-refractivity contribution < 1.29 is 14.4 Å². The molecule has 0 radical (unpaired) electrons. The number of halogens is 1. The predicted octanol–water partition coefficient (Wildman–Crippen LogP) is 2.55. The molecule has 2 aromatic rings. The van der Waals surface area contributed by atoms with Gasteiger partial charge < -0.3 is 19.4 Å². The number of rotatable bonds is 7. The van der Waals surface area contributed by atoms with Gasteiger partial charge in [0.2, 0.25) is 0 Å². The Morgan fingerprint density at radius 3 is 2.50 bits per heavy atom. The van der Waals surface area contributed by atoms with Crippen LogP contribution in [0.3, 0.4) is 0 Å². The van der Waals surface area contributed by atoms with Gasteiger partial charge in [-0.05, 0) is 55.2 Å². The Hall–Kier alpha value is -2.24. The molecule has 0 unspecified atom stereocenters. The summed E-state index contributed by atoms with van der Waals surface area (Å²) in [5.41, 5.74) is 3.62. The fourth-order valence-corrected chi connectivity index (χ4v) is 4.38. The van der Waals surface area contributed by atoms with E-state index < -0.39 is 0 Å². The second-order valence-electron chi connectivity index (χ2n) is 8.45. The highest BCUT2D eigenvalue weighted by atomic mass is 35.5. The molecule has 0 bridgehead atoms. The zero-order valence-corrected chi connectivity index (χ0v) is 18.6. The zero-order valence-electron chi connectivity index (χ0n) is 17.9. The van der Waals surface area contributed by atoms with Crippen molar-refractivity contribution in [3.05, 3.63) is 58.6 Å². The molecule has 6 heteroatoms. The Kier molecular flexibility index (Phi) is 6.49. The van der Waals surface area contributed by atoms with E-state index in [2.05, 4.69) is 41.0 Å². The van der Waals surface area contributed by atoms with Crippen molar-refractivity contribution in [2.24, 2.45) is 0 Å². The highest BCUT2D eigenvalue weighted by Crippen LogP contribution is 2.29. The Balaban J connectivity index is 1.33. The summed E-state index contributed by atoms with van der Waals surface area (Å²) < 4.78 is 5.24. The molecule has 2 aliphatic rings. The summed E-state index contributed by atoms with van der Waals surface area (Å²) >= 11 is 6.20. The molecule has 0 spiro atoms. The average molecular weight is 429 g/mol. The van der Waals surface area contributed by atoms with Gasteiger partial charge in [-0.3, -0.25) is 4.79 Å². The summed E-state index contributed by atoms with van der Waals surface area (Å²) in [6.45, 7) is 7.24. The van der Waals surface area contributed by atoms with Crippen LogP contribution in [0.4, 0.5) is 5.69 Å². The molecule has 1 heterocycles. The second kappa shape index (κ2) is 9.27. The SMILES string of the molecule is COc1ccc(CN(C(=O)C[NH+]2CCN(c3cc(Cl)ccc3C)CC2)C2CC2)cc1. The van der Waals surface area contributed by atoms with Gasteiger partial charge in [0, 0.05) is 23.3 Å². The number of nitrogens with zero attached hydrogens (tertiary/aromatic N) is 2. The molecule has 2 fully saturated rings. The number of piperazine rings is 1. The number of amides is 1. The molecule has 1 aliphatic carbocycles. The van der Waals surface area contributed by atoms with Crippen LogP contribution < -0.4 is 14.5 Å². The van der Waals surface area contributed by atoms with Gasteiger partial charge in [0.15, 0.2) is 6.54 Å². The molecular weight excluding hydrogens is 398 g/mol. The highest BCUT2D eigenvalue weighted by molar-refractivity contribution is 6.30. The number of hydrogen-bond donors (Lipinski definition) is 1. The van der Waals surface area contributed by atoms with E-state index in [-0.39, 0.29) is 5.91 Å². The standard InChI is InChI=1S/C24H30ClN3O2/c1-18-3-6-20(25)15-23(18)27-13-11-26(12-14-27)17-24(29)28(21-7-8-21)16-19-4-9-22(30-2)10-5-19/h3-6,9-10,15,21H,7-8,11-14,16-17H2,1-2H3/p+1. The van der Waals surface area contributed by atoms with Gasteiger partial charge in [-0.25, -0.2) is 0 Å². The minimum Gasteiger partial charge on any atom is -0.497 e. The summed E-state index contributed by atoms with van der Waals surface area (Å²) in [6, 6.07) is 14.5. The van der Waals surface area contributed by atoms with Gasteiger partial charge in [0.05, 0.1) is 33.3 Å². The number of quaternary nitrogens is 1. The fourth-order valence-electron chi connectivity index (χ4n) is 4.21. The first kappa shape index (κ1) is 21.0. The number of anilines is 1. The van der Waals surface area contributed by atoms with E-state index in [0.29, 0.717) is 19.1 Å². The average Bonchev–Trinajstić information content (AvgIpc) is 3.60. The number of hydrogen-bond acceptors (Lipinski definition) is 3. The van der Waals surface area contributed by atoms with Crippen molar-refractivity contribution in [3.63, 3.8) is 0 Å². The molecule has 30 heavy (non-hydrogen) atoms. The molecular formula is C24H31ClN3O2+. The van der Waals surface area contributed by atoms with Crippen LogP contribution >= 0.6 is 11.6 Å². The number of methoxy groups -OCH3 is 1. The number of aryl methyl sites for hydroxylation is 1. The minimum atomic E-state index is 0.274. The summed E-state index contributed by atoms with van der Waals surface area (Å²) in [6.07, 6.45) is 2.25. The highest BCUT2D eigenvalue weighted by Gasteiger charge is 2.34. The first-order valence-corrected chi connectivity index (χ1v) is 11.2. The molecule has 5 nitrogen and oxygen atoms in total. The fraction of sp³-hybridized carbons (Fsp3) is 0.458. The van der Waals surface area contributed by atoms with Crippen LogP contribution in [-0.4, -0.2) is 56.7 Å². The quantitative estimate of drug-likeness (QED) is 0.736. The Bertz CT molecular complexity index is 875. The van der Waals surface area contributed by atoms with E-state index >= 15 is 0 Å².